The highest BCUT2D eigenvalue weighted by Gasteiger charge is 2.11. The Balaban J connectivity index is 2.34. The smallest absolute Gasteiger partial charge is 0.380 e. The molecule has 0 spiro atoms. The minimum Gasteiger partial charge on any atom is -0.493 e. The lowest BCUT2D eigenvalue weighted by molar-refractivity contribution is 0.390. The summed E-state index contributed by atoms with van der Waals surface area (Å²) in [5.74, 6) is 0.349. The second-order valence-corrected chi connectivity index (χ2v) is 6.75. The van der Waals surface area contributed by atoms with E-state index in [2.05, 4.69) is 32.9 Å². The van der Waals surface area contributed by atoms with E-state index in [1.54, 1.807) is 18.2 Å². The van der Waals surface area contributed by atoms with Gasteiger partial charge in [0.1, 0.15) is 0 Å². The molecule has 0 fully saturated rings. The topological polar surface area (TPSA) is 78.6 Å². The van der Waals surface area contributed by atoms with Gasteiger partial charge in [-0.25, -0.2) is 0 Å². The first-order chi connectivity index (χ1) is 11.2. The Morgan fingerprint density at radius 2 is 1.50 bits per heavy atom. The molecule has 24 heavy (non-hydrogen) atoms. The molecular formula is C18H21NO4S. The van der Waals surface area contributed by atoms with Gasteiger partial charge in [-0.3, -0.25) is 0 Å². The van der Waals surface area contributed by atoms with Crippen molar-refractivity contribution in [1.29, 1.82) is 0 Å². The van der Waals surface area contributed by atoms with Gasteiger partial charge >= 0.3 is 10.3 Å². The molecule has 5 nitrogen and oxygen atoms in total. The zero-order chi connectivity index (χ0) is 17.9. The van der Waals surface area contributed by atoms with Crippen LogP contribution in [0.15, 0.2) is 30.3 Å². The summed E-state index contributed by atoms with van der Waals surface area (Å²) in [5.41, 5.74) is 5.57. The number of hydrogen-bond donors (Lipinski definition) is 1. The maximum absolute atomic E-state index is 11.1. The van der Waals surface area contributed by atoms with Crippen LogP contribution in [0.1, 0.15) is 27.8 Å². The van der Waals surface area contributed by atoms with E-state index >= 15 is 0 Å². The third-order valence-corrected chi connectivity index (χ3v) is 4.22. The molecule has 0 atom stereocenters. The van der Waals surface area contributed by atoms with Gasteiger partial charge in [0, 0.05) is 0 Å². The number of rotatable bonds is 5. The molecule has 2 aromatic carbocycles. The van der Waals surface area contributed by atoms with E-state index in [1.165, 1.54) is 23.8 Å². The molecule has 2 aromatic rings. The standard InChI is InChI=1S/C18H21NO4S/c1-12-9-16(10-13(2)14(12)3)6-5-15-7-8-17(22-4)18(11-15)23-24(19,20)21/h5-11H,1-4H3,(H2,19,20,21)/b6-5+. The first-order valence-electron chi connectivity index (χ1n) is 7.36. The van der Waals surface area contributed by atoms with Gasteiger partial charge in [0.05, 0.1) is 7.11 Å². The van der Waals surface area contributed by atoms with E-state index < -0.39 is 10.3 Å². The van der Waals surface area contributed by atoms with Crippen LogP contribution < -0.4 is 14.1 Å². The Labute approximate surface area is 143 Å². The lowest BCUT2D eigenvalue weighted by Crippen LogP contribution is -2.19. The monoisotopic (exact) mass is 347 g/mol. The Morgan fingerprint density at radius 3 is 2.04 bits per heavy atom. The van der Waals surface area contributed by atoms with E-state index in [4.69, 9.17) is 14.1 Å². The normalized spacial score (nSPS) is 11.7. The molecule has 0 heterocycles. The summed E-state index contributed by atoms with van der Waals surface area (Å²) in [6, 6.07) is 9.20. The van der Waals surface area contributed by atoms with Gasteiger partial charge in [0.15, 0.2) is 11.5 Å². The Bertz CT molecular complexity index is 863. The molecule has 0 aromatic heterocycles. The molecule has 0 unspecified atom stereocenters. The van der Waals surface area contributed by atoms with Crippen molar-refractivity contribution in [2.24, 2.45) is 5.14 Å². The number of methoxy groups -OCH3 is 1. The average Bonchev–Trinajstić information content (AvgIpc) is 2.49. The van der Waals surface area contributed by atoms with Crippen molar-refractivity contribution in [3.8, 4) is 11.5 Å². The van der Waals surface area contributed by atoms with Crippen molar-refractivity contribution in [1.82, 2.24) is 0 Å². The van der Waals surface area contributed by atoms with Crippen molar-refractivity contribution in [3.05, 3.63) is 58.1 Å². The maximum atomic E-state index is 11.1. The van der Waals surface area contributed by atoms with E-state index in [0.717, 1.165) is 11.1 Å². The quantitative estimate of drug-likeness (QED) is 0.841. The van der Waals surface area contributed by atoms with Gasteiger partial charge in [-0.05, 0) is 60.7 Å². The summed E-state index contributed by atoms with van der Waals surface area (Å²) >= 11 is 0. The van der Waals surface area contributed by atoms with Gasteiger partial charge in [-0.15, -0.1) is 0 Å². The summed E-state index contributed by atoms with van der Waals surface area (Å²) < 4.78 is 32.1. The van der Waals surface area contributed by atoms with Crippen LogP contribution in [0.25, 0.3) is 12.2 Å². The number of aryl methyl sites for hydroxylation is 2. The molecule has 0 aliphatic carbocycles. The zero-order valence-electron chi connectivity index (χ0n) is 14.2. The molecule has 2 N–H and O–H groups in total. The number of benzene rings is 2. The fourth-order valence-electron chi connectivity index (χ4n) is 2.35. The molecule has 0 aliphatic rings. The fraction of sp³-hybridized carbons (Fsp3) is 0.222. The Morgan fingerprint density at radius 1 is 0.917 bits per heavy atom. The predicted octanol–water partition coefficient (Wildman–Crippen LogP) is 3.37. The van der Waals surface area contributed by atoms with Crippen LogP contribution in [0.4, 0.5) is 0 Å². The van der Waals surface area contributed by atoms with E-state index in [9.17, 15) is 8.42 Å². The van der Waals surface area contributed by atoms with Crippen LogP contribution in [0.2, 0.25) is 0 Å². The Hall–Kier alpha value is -2.31. The summed E-state index contributed by atoms with van der Waals surface area (Å²) in [5, 5.41) is 4.93. The van der Waals surface area contributed by atoms with Gasteiger partial charge in [0.2, 0.25) is 0 Å². The summed E-state index contributed by atoms with van der Waals surface area (Å²) in [4.78, 5) is 0. The molecule has 0 saturated carbocycles. The van der Waals surface area contributed by atoms with Gasteiger partial charge in [-0.1, -0.05) is 30.4 Å². The Kier molecular flexibility index (Phi) is 5.31. The summed E-state index contributed by atoms with van der Waals surface area (Å²) in [6.07, 6.45) is 3.83. The van der Waals surface area contributed by atoms with Crippen molar-refractivity contribution in [2.75, 3.05) is 7.11 Å². The lowest BCUT2D eigenvalue weighted by atomic mass is 10.00. The molecule has 0 bridgehead atoms. The highest BCUT2D eigenvalue weighted by molar-refractivity contribution is 7.84. The number of hydrogen-bond acceptors (Lipinski definition) is 4. The minimum atomic E-state index is -4.11. The van der Waals surface area contributed by atoms with Crippen LogP contribution in [0.5, 0.6) is 11.5 Å². The molecular weight excluding hydrogens is 326 g/mol. The van der Waals surface area contributed by atoms with E-state index in [-0.39, 0.29) is 5.75 Å². The van der Waals surface area contributed by atoms with E-state index in [1.807, 2.05) is 12.2 Å². The summed E-state index contributed by atoms with van der Waals surface area (Å²) in [7, 11) is -2.68. The van der Waals surface area contributed by atoms with E-state index in [0.29, 0.717) is 5.75 Å². The molecule has 0 aliphatic heterocycles. The molecule has 0 saturated heterocycles. The highest BCUT2D eigenvalue weighted by Crippen LogP contribution is 2.29. The minimum absolute atomic E-state index is 0.0541. The summed E-state index contributed by atoms with van der Waals surface area (Å²) in [6.45, 7) is 6.24. The fourth-order valence-corrected chi connectivity index (χ4v) is 2.73. The van der Waals surface area contributed by atoms with Crippen LogP contribution in [0.3, 0.4) is 0 Å². The molecule has 0 radical (unpaired) electrons. The highest BCUT2D eigenvalue weighted by atomic mass is 32.2. The van der Waals surface area contributed by atoms with Crippen molar-refractivity contribution >= 4 is 22.5 Å². The number of nitrogens with two attached hydrogens (primary N) is 1. The SMILES string of the molecule is COc1ccc(/C=C/c2cc(C)c(C)c(C)c2)cc1OS(N)(=O)=O. The molecule has 0 amide bonds. The molecule has 2 rings (SSSR count). The third kappa shape index (κ3) is 4.59. The zero-order valence-corrected chi connectivity index (χ0v) is 15.0. The van der Waals surface area contributed by atoms with Crippen LogP contribution in [-0.2, 0) is 10.3 Å². The maximum Gasteiger partial charge on any atom is 0.380 e. The number of ether oxygens (including phenoxy) is 1. The largest absolute Gasteiger partial charge is 0.493 e. The van der Waals surface area contributed by atoms with Gasteiger partial charge in [0.25, 0.3) is 0 Å². The first-order valence-corrected chi connectivity index (χ1v) is 8.83. The second-order valence-electron chi connectivity index (χ2n) is 5.60. The second kappa shape index (κ2) is 7.07. The first kappa shape index (κ1) is 18.0. The molecule has 6 heteroatoms. The van der Waals surface area contributed by atoms with Crippen molar-refractivity contribution in [2.45, 2.75) is 20.8 Å². The molecule has 128 valence electrons. The van der Waals surface area contributed by atoms with Crippen LogP contribution >= 0.6 is 0 Å². The van der Waals surface area contributed by atoms with Gasteiger partial charge < -0.3 is 8.92 Å². The van der Waals surface area contributed by atoms with Crippen LogP contribution in [0, 0.1) is 20.8 Å². The average molecular weight is 347 g/mol. The van der Waals surface area contributed by atoms with Crippen molar-refractivity contribution < 1.29 is 17.3 Å². The van der Waals surface area contributed by atoms with Crippen molar-refractivity contribution in [3.63, 3.8) is 0 Å². The lowest BCUT2D eigenvalue weighted by Gasteiger charge is -2.09. The van der Waals surface area contributed by atoms with Crippen LogP contribution in [-0.4, -0.2) is 15.5 Å². The third-order valence-electron chi connectivity index (χ3n) is 3.81. The van der Waals surface area contributed by atoms with Gasteiger partial charge in [-0.2, -0.15) is 13.6 Å². The predicted molar refractivity (Wildman–Crippen MR) is 96.3 cm³/mol.